The summed E-state index contributed by atoms with van der Waals surface area (Å²) in [5.41, 5.74) is 0. The van der Waals surface area contributed by atoms with Gasteiger partial charge < -0.3 is 15.5 Å². The molecule has 4 heteroatoms. The second kappa shape index (κ2) is 54.6. The number of carbonyl (C=O) groups excluding carboxylic acids is 1. The van der Waals surface area contributed by atoms with Crippen molar-refractivity contribution in [3.8, 4) is 0 Å². The molecule has 0 aromatic carbocycles. The third-order valence-corrected chi connectivity index (χ3v) is 12.1. The average Bonchev–Trinajstić information content (AvgIpc) is 3.30. The predicted molar refractivity (Wildman–Crippen MR) is 285 cm³/mol. The Bertz CT molecular complexity index is 1190. The van der Waals surface area contributed by atoms with Crippen molar-refractivity contribution in [2.75, 3.05) is 6.61 Å². The molecule has 3 N–H and O–H groups in total. The maximum Gasteiger partial charge on any atom is 0.220 e. The minimum absolute atomic E-state index is 0.0655. The number of aliphatic hydroxyl groups excluding tert-OH is 2. The highest BCUT2D eigenvalue weighted by molar-refractivity contribution is 5.76. The molecular weight excluding hydrogens is 783 g/mol. The van der Waals surface area contributed by atoms with E-state index in [-0.39, 0.29) is 12.5 Å². The molecule has 1 amide bonds. The van der Waals surface area contributed by atoms with Gasteiger partial charge in [-0.25, -0.2) is 0 Å². The summed E-state index contributed by atoms with van der Waals surface area (Å²) in [5, 5.41) is 23.1. The second-order valence-corrected chi connectivity index (χ2v) is 18.3. The molecule has 0 aromatic heterocycles. The van der Waals surface area contributed by atoms with Crippen LogP contribution in [-0.2, 0) is 4.79 Å². The highest BCUT2D eigenvalue weighted by Gasteiger charge is 2.18. The molecule has 0 saturated heterocycles. The first-order valence-electron chi connectivity index (χ1n) is 27.5. The first-order valence-corrected chi connectivity index (χ1v) is 27.5. The van der Waals surface area contributed by atoms with Gasteiger partial charge in [0.1, 0.15) is 0 Å². The van der Waals surface area contributed by atoms with Crippen molar-refractivity contribution >= 4 is 5.91 Å². The molecule has 0 saturated carbocycles. The quantitative estimate of drug-likeness (QED) is 0.0421. The molecule has 64 heavy (non-hydrogen) atoms. The van der Waals surface area contributed by atoms with E-state index < -0.39 is 12.1 Å². The lowest BCUT2D eigenvalue weighted by Crippen LogP contribution is -2.45. The molecule has 4 nitrogen and oxygen atoms in total. The molecule has 2 atom stereocenters. The number of allylic oxidation sites excluding steroid dienone is 15. The van der Waals surface area contributed by atoms with Crippen molar-refractivity contribution in [1.29, 1.82) is 0 Å². The number of carbonyl (C=O) groups is 1. The Morgan fingerprint density at radius 3 is 1.03 bits per heavy atom. The van der Waals surface area contributed by atoms with E-state index in [0.29, 0.717) is 6.42 Å². The predicted octanol–water partition coefficient (Wildman–Crippen LogP) is 18.1. The van der Waals surface area contributed by atoms with Gasteiger partial charge in [0, 0.05) is 6.42 Å². The van der Waals surface area contributed by atoms with Crippen molar-refractivity contribution in [2.45, 2.75) is 270 Å². The maximum absolute atomic E-state index is 12.4. The number of rotatable bonds is 49. The summed E-state index contributed by atoms with van der Waals surface area (Å²) >= 11 is 0. The Morgan fingerprint density at radius 1 is 0.391 bits per heavy atom. The molecule has 0 aliphatic carbocycles. The lowest BCUT2D eigenvalue weighted by Gasteiger charge is -2.20. The van der Waals surface area contributed by atoms with Gasteiger partial charge in [-0.05, 0) is 77.0 Å². The Kier molecular flexibility index (Phi) is 52.3. The SMILES string of the molecule is CC/C=C\C/C=C\C/C=C\C/C=C\C/C=C\C/C=C\C/C=C\CCCCCCCCCCCCCCCCCCCC(=O)NC(CO)C(O)/C=C/CCCCCCCCCCCCC. The summed E-state index contributed by atoms with van der Waals surface area (Å²) < 4.78 is 0. The van der Waals surface area contributed by atoms with Crippen LogP contribution < -0.4 is 5.32 Å². The van der Waals surface area contributed by atoms with Crippen LogP contribution in [0.2, 0.25) is 0 Å². The van der Waals surface area contributed by atoms with Gasteiger partial charge in [-0.3, -0.25) is 4.79 Å². The zero-order valence-electron chi connectivity index (χ0n) is 42.3. The standard InChI is InChI=1S/C60H105NO3/c1-3-5-7-9-11-13-15-17-18-19-20-21-22-23-24-25-26-27-28-29-30-31-32-33-34-35-36-37-38-39-40-41-42-44-46-48-50-52-54-56-60(64)61-58(57-62)59(63)55-53-51-49-47-45-43-16-14-12-10-8-6-4-2/h5,7,11,13,17-18,20-21,23-24,26-27,29-30,53,55,58-59,62-63H,3-4,6,8-10,12,14-16,19,22,25,28,31-52,54,56-57H2,1-2H3,(H,61,64)/b7-5-,13-11-,18-17-,21-20-,24-23-,27-26-,30-29-,55-53+. The number of hydrogen-bond acceptors (Lipinski definition) is 3. The van der Waals surface area contributed by atoms with Crippen LogP contribution in [0, 0.1) is 0 Å². The van der Waals surface area contributed by atoms with Crippen molar-refractivity contribution < 1.29 is 15.0 Å². The fourth-order valence-electron chi connectivity index (χ4n) is 7.92. The molecule has 0 aliphatic rings. The molecule has 0 bridgehead atoms. The number of nitrogens with one attached hydrogen (secondary N) is 1. The van der Waals surface area contributed by atoms with Crippen LogP contribution in [0.15, 0.2) is 97.2 Å². The zero-order chi connectivity index (χ0) is 46.3. The van der Waals surface area contributed by atoms with Crippen LogP contribution in [0.1, 0.15) is 258 Å². The topological polar surface area (TPSA) is 69.6 Å². The van der Waals surface area contributed by atoms with Crippen LogP contribution in [0.3, 0.4) is 0 Å². The van der Waals surface area contributed by atoms with Gasteiger partial charge in [-0.15, -0.1) is 0 Å². The summed E-state index contributed by atoms with van der Waals surface area (Å²) in [6.07, 6.45) is 81.3. The van der Waals surface area contributed by atoms with Crippen LogP contribution in [-0.4, -0.2) is 34.9 Å². The number of aliphatic hydroxyl groups is 2. The lowest BCUT2D eigenvalue weighted by atomic mass is 10.0. The van der Waals surface area contributed by atoms with E-state index in [4.69, 9.17) is 0 Å². The van der Waals surface area contributed by atoms with Gasteiger partial charge in [-0.2, -0.15) is 0 Å². The summed E-state index contributed by atoms with van der Waals surface area (Å²) in [7, 11) is 0. The first-order chi connectivity index (χ1) is 31.7. The highest BCUT2D eigenvalue weighted by atomic mass is 16.3. The zero-order valence-corrected chi connectivity index (χ0v) is 42.3. The van der Waals surface area contributed by atoms with Crippen LogP contribution >= 0.6 is 0 Å². The summed E-state index contributed by atoms with van der Waals surface area (Å²) in [6.45, 7) is 4.19. The Hall–Kier alpha value is -2.69. The largest absolute Gasteiger partial charge is 0.394 e. The van der Waals surface area contributed by atoms with Crippen LogP contribution in [0.4, 0.5) is 0 Å². The molecule has 0 aromatic rings. The maximum atomic E-state index is 12.4. The average molecular weight is 889 g/mol. The lowest BCUT2D eigenvalue weighted by molar-refractivity contribution is -0.123. The van der Waals surface area contributed by atoms with Gasteiger partial charge in [0.15, 0.2) is 0 Å². The summed E-state index contributed by atoms with van der Waals surface area (Å²) in [6, 6.07) is -0.624. The normalized spacial score (nSPS) is 13.6. The van der Waals surface area contributed by atoms with E-state index >= 15 is 0 Å². The molecular formula is C60H105NO3. The van der Waals surface area contributed by atoms with E-state index in [1.165, 1.54) is 167 Å². The first kappa shape index (κ1) is 61.3. The van der Waals surface area contributed by atoms with Crippen molar-refractivity contribution in [2.24, 2.45) is 0 Å². The summed E-state index contributed by atoms with van der Waals surface area (Å²) in [4.78, 5) is 12.4. The summed E-state index contributed by atoms with van der Waals surface area (Å²) in [5.74, 6) is -0.0655. The third kappa shape index (κ3) is 50.3. The monoisotopic (exact) mass is 888 g/mol. The molecule has 0 spiro atoms. The molecule has 368 valence electrons. The van der Waals surface area contributed by atoms with Crippen LogP contribution in [0.5, 0.6) is 0 Å². The molecule has 0 aliphatic heterocycles. The third-order valence-electron chi connectivity index (χ3n) is 12.1. The van der Waals surface area contributed by atoms with E-state index in [1.54, 1.807) is 6.08 Å². The van der Waals surface area contributed by atoms with Gasteiger partial charge in [0.25, 0.3) is 0 Å². The van der Waals surface area contributed by atoms with Gasteiger partial charge in [0.2, 0.25) is 5.91 Å². The van der Waals surface area contributed by atoms with E-state index in [2.05, 4.69) is 104 Å². The van der Waals surface area contributed by atoms with Gasteiger partial charge in [-0.1, -0.05) is 272 Å². The molecule has 0 fully saturated rings. The van der Waals surface area contributed by atoms with E-state index in [1.807, 2.05) is 6.08 Å². The minimum atomic E-state index is -0.841. The van der Waals surface area contributed by atoms with Crippen molar-refractivity contribution in [3.63, 3.8) is 0 Å². The Labute approximate surface area is 398 Å². The van der Waals surface area contributed by atoms with E-state index in [9.17, 15) is 15.0 Å². The second-order valence-electron chi connectivity index (χ2n) is 18.3. The van der Waals surface area contributed by atoms with Crippen LogP contribution in [0.25, 0.3) is 0 Å². The number of amides is 1. The fraction of sp³-hybridized carbons (Fsp3) is 0.717. The number of unbranched alkanes of at least 4 members (excludes halogenated alkanes) is 28. The van der Waals surface area contributed by atoms with Crippen molar-refractivity contribution in [3.05, 3.63) is 97.2 Å². The van der Waals surface area contributed by atoms with E-state index in [0.717, 1.165) is 70.6 Å². The Morgan fingerprint density at radius 2 is 0.688 bits per heavy atom. The minimum Gasteiger partial charge on any atom is -0.394 e. The number of hydrogen-bond donors (Lipinski definition) is 3. The smallest absolute Gasteiger partial charge is 0.220 e. The van der Waals surface area contributed by atoms with Gasteiger partial charge >= 0.3 is 0 Å². The molecule has 0 radical (unpaired) electrons. The fourth-order valence-corrected chi connectivity index (χ4v) is 7.92. The van der Waals surface area contributed by atoms with Crippen molar-refractivity contribution in [1.82, 2.24) is 5.32 Å². The molecule has 0 rings (SSSR count). The highest BCUT2D eigenvalue weighted by Crippen LogP contribution is 2.16. The molecule has 2 unspecified atom stereocenters. The Balaban J connectivity index is 3.49. The molecule has 0 heterocycles. The van der Waals surface area contributed by atoms with Gasteiger partial charge in [0.05, 0.1) is 18.8 Å².